The van der Waals surface area contributed by atoms with Crippen molar-refractivity contribution in [1.29, 1.82) is 0 Å². The molecular formula is C10H7ClINO2. The Balaban J connectivity index is 2.38. The van der Waals surface area contributed by atoms with Crippen molar-refractivity contribution in [3.8, 4) is 0 Å². The highest BCUT2D eigenvalue weighted by atomic mass is 127. The van der Waals surface area contributed by atoms with Gasteiger partial charge >= 0.3 is 0 Å². The molecule has 1 saturated heterocycles. The van der Waals surface area contributed by atoms with E-state index in [1.54, 1.807) is 18.2 Å². The maximum Gasteiger partial charge on any atom is 0.294 e. The predicted molar refractivity (Wildman–Crippen MR) is 66.1 cm³/mol. The average Bonchev–Trinajstić information content (AvgIpc) is 2.49. The lowest BCUT2D eigenvalue weighted by Crippen LogP contribution is -2.27. The first-order chi connectivity index (χ1) is 7.09. The number of carbonyl (C=O) groups is 2. The number of amides is 1. The van der Waals surface area contributed by atoms with Gasteiger partial charge in [0.1, 0.15) is 0 Å². The number of Topliss-reactive ketones (excluding diaryl/α,β-unsaturated/α-hetero) is 1. The molecule has 0 atom stereocenters. The third kappa shape index (κ3) is 2.01. The largest absolute Gasteiger partial charge is 0.304 e. The molecule has 1 aliphatic rings. The summed E-state index contributed by atoms with van der Waals surface area (Å²) in [4.78, 5) is 24.1. The first-order valence-corrected chi connectivity index (χ1v) is 5.85. The molecule has 0 unspecified atom stereocenters. The van der Waals surface area contributed by atoms with Crippen LogP contribution in [0.25, 0.3) is 0 Å². The van der Waals surface area contributed by atoms with E-state index < -0.39 is 5.91 Å². The summed E-state index contributed by atoms with van der Waals surface area (Å²) in [7, 11) is 0. The van der Waals surface area contributed by atoms with E-state index in [9.17, 15) is 9.59 Å². The number of ketones is 1. The molecule has 0 spiro atoms. The van der Waals surface area contributed by atoms with Crippen molar-refractivity contribution in [2.24, 2.45) is 0 Å². The van der Waals surface area contributed by atoms with Crippen LogP contribution in [0.15, 0.2) is 18.2 Å². The monoisotopic (exact) mass is 335 g/mol. The molecule has 1 heterocycles. The summed E-state index contributed by atoms with van der Waals surface area (Å²) in [6.07, 6.45) is 0.303. The Bertz CT molecular complexity index is 447. The minimum absolute atomic E-state index is 0.303. The fourth-order valence-electron chi connectivity index (χ4n) is 1.50. The van der Waals surface area contributed by atoms with Gasteiger partial charge in [0, 0.05) is 21.6 Å². The van der Waals surface area contributed by atoms with Gasteiger partial charge in [0.15, 0.2) is 0 Å². The molecule has 5 heteroatoms. The molecule has 0 aromatic heterocycles. The third-order valence-corrected chi connectivity index (χ3v) is 3.35. The SMILES string of the molecule is O=C1CCN(c2ccc(Cl)cc2I)C1=O. The number of halogens is 2. The van der Waals surface area contributed by atoms with E-state index in [4.69, 9.17) is 11.6 Å². The molecule has 1 aliphatic heterocycles. The number of rotatable bonds is 1. The normalized spacial score (nSPS) is 16.3. The van der Waals surface area contributed by atoms with Gasteiger partial charge in [-0.15, -0.1) is 0 Å². The van der Waals surface area contributed by atoms with Gasteiger partial charge in [0.05, 0.1) is 5.69 Å². The maximum atomic E-state index is 11.5. The molecule has 0 aliphatic carbocycles. The predicted octanol–water partition coefficient (Wildman–Crippen LogP) is 2.25. The zero-order valence-electron chi connectivity index (χ0n) is 7.67. The van der Waals surface area contributed by atoms with E-state index in [2.05, 4.69) is 22.6 Å². The Labute approximate surface area is 106 Å². The van der Waals surface area contributed by atoms with Crippen LogP contribution in [0.2, 0.25) is 5.02 Å². The fourth-order valence-corrected chi connectivity index (χ4v) is 2.67. The topological polar surface area (TPSA) is 37.4 Å². The van der Waals surface area contributed by atoms with E-state index >= 15 is 0 Å². The third-order valence-electron chi connectivity index (χ3n) is 2.25. The Morgan fingerprint density at radius 3 is 2.60 bits per heavy atom. The Morgan fingerprint density at radius 2 is 2.07 bits per heavy atom. The second kappa shape index (κ2) is 4.09. The van der Waals surface area contributed by atoms with Crippen LogP contribution in [0, 0.1) is 3.57 Å². The lowest BCUT2D eigenvalue weighted by molar-refractivity contribution is -0.133. The quantitative estimate of drug-likeness (QED) is 0.583. The molecule has 15 heavy (non-hydrogen) atoms. The summed E-state index contributed by atoms with van der Waals surface area (Å²) in [6.45, 7) is 0.468. The van der Waals surface area contributed by atoms with E-state index in [-0.39, 0.29) is 5.78 Å². The van der Waals surface area contributed by atoms with Crippen molar-refractivity contribution in [3.63, 3.8) is 0 Å². The second-order valence-electron chi connectivity index (χ2n) is 3.23. The first-order valence-electron chi connectivity index (χ1n) is 4.39. The van der Waals surface area contributed by atoms with Gasteiger partial charge in [-0.05, 0) is 40.8 Å². The average molecular weight is 336 g/mol. The number of anilines is 1. The molecule has 0 bridgehead atoms. The fraction of sp³-hybridized carbons (Fsp3) is 0.200. The summed E-state index contributed by atoms with van der Waals surface area (Å²) in [5, 5.41) is 0.626. The highest BCUT2D eigenvalue weighted by molar-refractivity contribution is 14.1. The van der Waals surface area contributed by atoms with Crippen LogP contribution in [0.5, 0.6) is 0 Å². The number of hydrogen-bond donors (Lipinski definition) is 0. The molecule has 3 nitrogen and oxygen atoms in total. The highest BCUT2D eigenvalue weighted by Crippen LogP contribution is 2.28. The van der Waals surface area contributed by atoms with Gasteiger partial charge in [-0.25, -0.2) is 0 Å². The highest BCUT2D eigenvalue weighted by Gasteiger charge is 2.31. The molecule has 1 fully saturated rings. The van der Waals surface area contributed by atoms with Crippen LogP contribution in [-0.4, -0.2) is 18.2 Å². The van der Waals surface area contributed by atoms with E-state index in [0.717, 1.165) is 9.26 Å². The van der Waals surface area contributed by atoms with Crippen molar-refractivity contribution < 1.29 is 9.59 Å². The molecule has 1 aromatic rings. The lowest BCUT2D eigenvalue weighted by Gasteiger charge is -2.16. The van der Waals surface area contributed by atoms with E-state index in [1.165, 1.54) is 4.90 Å². The summed E-state index contributed by atoms with van der Waals surface area (Å²) in [5.41, 5.74) is 0.760. The summed E-state index contributed by atoms with van der Waals surface area (Å²) >= 11 is 7.92. The van der Waals surface area contributed by atoms with Crippen LogP contribution in [-0.2, 0) is 9.59 Å². The Kier molecular flexibility index (Phi) is 2.97. The number of hydrogen-bond acceptors (Lipinski definition) is 2. The standard InChI is InChI=1S/C10H7ClINO2/c11-6-1-2-8(7(12)5-6)13-4-3-9(14)10(13)15/h1-2,5H,3-4H2. The number of carbonyl (C=O) groups excluding carboxylic acids is 2. The first kappa shape index (κ1) is 10.9. The molecule has 1 aromatic carbocycles. The summed E-state index contributed by atoms with van der Waals surface area (Å²) in [6, 6.07) is 5.25. The van der Waals surface area contributed by atoms with Crippen molar-refractivity contribution in [3.05, 3.63) is 26.8 Å². The lowest BCUT2D eigenvalue weighted by atomic mass is 10.3. The molecule has 0 N–H and O–H groups in total. The second-order valence-corrected chi connectivity index (χ2v) is 4.82. The van der Waals surface area contributed by atoms with Crippen molar-refractivity contribution in [1.82, 2.24) is 0 Å². The van der Waals surface area contributed by atoms with Crippen LogP contribution in [0.3, 0.4) is 0 Å². The molecular weight excluding hydrogens is 328 g/mol. The van der Waals surface area contributed by atoms with Gasteiger partial charge in [0.25, 0.3) is 5.91 Å². The maximum absolute atomic E-state index is 11.5. The van der Waals surface area contributed by atoms with E-state index in [0.29, 0.717) is 18.0 Å². The molecule has 0 saturated carbocycles. The molecule has 2 rings (SSSR count). The minimum atomic E-state index is -0.421. The summed E-state index contributed by atoms with van der Waals surface area (Å²) < 4.78 is 0.878. The summed E-state index contributed by atoms with van der Waals surface area (Å²) in [5.74, 6) is -0.740. The molecule has 1 amide bonds. The Morgan fingerprint density at radius 1 is 1.33 bits per heavy atom. The van der Waals surface area contributed by atoms with Crippen molar-refractivity contribution >= 4 is 51.6 Å². The zero-order chi connectivity index (χ0) is 11.0. The van der Waals surface area contributed by atoms with Crippen LogP contribution in [0.1, 0.15) is 6.42 Å². The van der Waals surface area contributed by atoms with Gasteiger partial charge in [-0.3, -0.25) is 9.59 Å². The van der Waals surface area contributed by atoms with Gasteiger partial charge in [-0.1, -0.05) is 11.6 Å². The number of benzene rings is 1. The molecule has 78 valence electrons. The van der Waals surface area contributed by atoms with Crippen molar-refractivity contribution in [2.45, 2.75) is 6.42 Å². The Hall–Kier alpha value is -0.620. The minimum Gasteiger partial charge on any atom is -0.304 e. The van der Waals surface area contributed by atoms with Crippen LogP contribution in [0.4, 0.5) is 5.69 Å². The van der Waals surface area contributed by atoms with Crippen molar-refractivity contribution in [2.75, 3.05) is 11.4 Å². The van der Waals surface area contributed by atoms with E-state index in [1.807, 2.05) is 0 Å². The van der Waals surface area contributed by atoms with Crippen LogP contribution >= 0.6 is 34.2 Å². The van der Waals surface area contributed by atoms with Gasteiger partial charge in [-0.2, -0.15) is 0 Å². The van der Waals surface area contributed by atoms with Gasteiger partial charge < -0.3 is 4.90 Å². The van der Waals surface area contributed by atoms with Gasteiger partial charge in [0.2, 0.25) is 5.78 Å². The number of nitrogens with zero attached hydrogens (tertiary/aromatic N) is 1. The smallest absolute Gasteiger partial charge is 0.294 e. The zero-order valence-corrected chi connectivity index (χ0v) is 10.6. The van der Waals surface area contributed by atoms with Crippen LogP contribution < -0.4 is 4.90 Å². The molecule has 0 radical (unpaired) electrons.